The van der Waals surface area contributed by atoms with Gasteiger partial charge in [-0.2, -0.15) is 23.5 Å². The van der Waals surface area contributed by atoms with Crippen LogP contribution in [0.4, 0.5) is 0 Å². The molecule has 0 unspecified atom stereocenters. The van der Waals surface area contributed by atoms with Crippen molar-refractivity contribution in [1.82, 2.24) is 10.2 Å². The number of nitrogens with one attached hydrogen (secondary N) is 1. The molecular formula is C11H22N2OS2. The van der Waals surface area contributed by atoms with Gasteiger partial charge in [-0.05, 0) is 7.05 Å². The van der Waals surface area contributed by atoms with Crippen LogP contribution in [0.3, 0.4) is 0 Å². The molecular weight excluding hydrogens is 240 g/mol. The largest absolute Gasteiger partial charge is 0.374 e. The van der Waals surface area contributed by atoms with Gasteiger partial charge in [0.25, 0.3) is 0 Å². The highest BCUT2D eigenvalue weighted by Gasteiger charge is 2.19. The second-order valence-electron chi connectivity index (χ2n) is 4.51. The molecule has 2 aliphatic heterocycles. The zero-order valence-electron chi connectivity index (χ0n) is 9.98. The monoisotopic (exact) mass is 262 g/mol. The molecule has 0 amide bonds. The van der Waals surface area contributed by atoms with Gasteiger partial charge < -0.3 is 15.0 Å². The van der Waals surface area contributed by atoms with Crippen LogP contribution in [0.5, 0.6) is 0 Å². The summed E-state index contributed by atoms with van der Waals surface area (Å²) >= 11 is 4.15. The lowest BCUT2D eigenvalue weighted by molar-refractivity contribution is -0.0187. The summed E-state index contributed by atoms with van der Waals surface area (Å²) in [5.41, 5.74) is 0. The minimum atomic E-state index is 0.386. The molecule has 0 aliphatic carbocycles. The van der Waals surface area contributed by atoms with Crippen molar-refractivity contribution in [2.45, 2.75) is 12.1 Å². The third kappa shape index (κ3) is 4.45. The Labute approximate surface area is 107 Å². The summed E-state index contributed by atoms with van der Waals surface area (Å²) < 4.78 is 5.75. The molecule has 2 fully saturated rings. The molecule has 3 nitrogen and oxygen atoms in total. The summed E-state index contributed by atoms with van der Waals surface area (Å²) in [7, 11) is 2.17. The van der Waals surface area contributed by atoms with Crippen LogP contribution >= 0.6 is 23.5 Å². The molecule has 0 bridgehead atoms. The predicted octanol–water partition coefficient (Wildman–Crippen LogP) is 0.755. The molecule has 0 radical (unpaired) electrons. The number of thioether (sulfide) groups is 2. The number of likely N-dealkylation sites (N-methyl/N-ethyl adjacent to an activating group) is 1. The van der Waals surface area contributed by atoms with Crippen molar-refractivity contribution >= 4 is 23.5 Å². The Morgan fingerprint density at radius 3 is 2.75 bits per heavy atom. The normalized spacial score (nSPS) is 30.2. The minimum absolute atomic E-state index is 0.386. The molecule has 2 heterocycles. The Hall–Kier alpha value is 0.580. The standard InChI is InChI=1S/C11H22N2OS2/c1-13-2-3-14-11(7-13)6-12-10-8-15-4-5-16-9-10/h10-12H,2-9H2,1H3/t11-/m1/s1. The van der Waals surface area contributed by atoms with Crippen LogP contribution < -0.4 is 5.32 Å². The van der Waals surface area contributed by atoms with Crippen LogP contribution in [0.25, 0.3) is 0 Å². The lowest BCUT2D eigenvalue weighted by atomic mass is 10.2. The maximum absolute atomic E-state index is 5.75. The van der Waals surface area contributed by atoms with Gasteiger partial charge >= 0.3 is 0 Å². The van der Waals surface area contributed by atoms with Gasteiger partial charge in [0.15, 0.2) is 0 Å². The van der Waals surface area contributed by atoms with E-state index in [0.717, 1.165) is 26.2 Å². The Kier molecular flexibility index (Phi) is 5.79. The number of ether oxygens (including phenoxy) is 1. The quantitative estimate of drug-likeness (QED) is 0.809. The minimum Gasteiger partial charge on any atom is -0.374 e. The van der Waals surface area contributed by atoms with Crippen LogP contribution in [0, 0.1) is 0 Å². The van der Waals surface area contributed by atoms with Crippen LogP contribution in [-0.4, -0.2) is 73.3 Å². The first-order valence-corrected chi connectivity index (χ1v) is 8.34. The topological polar surface area (TPSA) is 24.5 Å². The van der Waals surface area contributed by atoms with E-state index in [1.807, 2.05) is 0 Å². The van der Waals surface area contributed by atoms with E-state index in [9.17, 15) is 0 Å². The average molecular weight is 262 g/mol. The highest BCUT2D eigenvalue weighted by atomic mass is 32.2. The summed E-state index contributed by atoms with van der Waals surface area (Å²) in [6.07, 6.45) is 0.386. The lowest BCUT2D eigenvalue weighted by Gasteiger charge is -2.31. The third-order valence-corrected chi connectivity index (χ3v) is 5.51. The second-order valence-corrected chi connectivity index (χ2v) is 6.81. The molecule has 0 spiro atoms. The fraction of sp³-hybridized carbons (Fsp3) is 1.00. The Balaban J connectivity index is 1.65. The Morgan fingerprint density at radius 1 is 1.31 bits per heavy atom. The predicted molar refractivity (Wildman–Crippen MR) is 73.7 cm³/mol. The SMILES string of the molecule is CN1CCO[C@H](CNC2CSCCSC2)C1. The molecule has 5 heteroatoms. The summed E-state index contributed by atoms with van der Waals surface area (Å²) in [5, 5.41) is 3.66. The number of hydrogen-bond donors (Lipinski definition) is 1. The summed E-state index contributed by atoms with van der Waals surface area (Å²) in [6, 6.07) is 0.674. The summed E-state index contributed by atoms with van der Waals surface area (Å²) in [5.74, 6) is 5.14. The van der Waals surface area contributed by atoms with Crippen molar-refractivity contribution in [2.24, 2.45) is 0 Å². The molecule has 0 saturated carbocycles. The summed E-state index contributed by atoms with van der Waals surface area (Å²) in [6.45, 7) is 4.04. The van der Waals surface area contributed by atoms with Gasteiger partial charge in [-0.3, -0.25) is 0 Å². The van der Waals surface area contributed by atoms with E-state index in [1.165, 1.54) is 23.0 Å². The van der Waals surface area contributed by atoms with Crippen molar-refractivity contribution in [1.29, 1.82) is 0 Å². The third-order valence-electron chi connectivity index (χ3n) is 2.99. The highest BCUT2D eigenvalue weighted by Crippen LogP contribution is 2.16. The van der Waals surface area contributed by atoms with E-state index in [-0.39, 0.29) is 0 Å². The molecule has 2 saturated heterocycles. The van der Waals surface area contributed by atoms with Gasteiger partial charge in [-0.25, -0.2) is 0 Å². The lowest BCUT2D eigenvalue weighted by Crippen LogP contribution is -2.47. The van der Waals surface area contributed by atoms with Gasteiger partial charge in [-0.1, -0.05) is 0 Å². The first kappa shape index (κ1) is 13.0. The zero-order chi connectivity index (χ0) is 11.2. The zero-order valence-corrected chi connectivity index (χ0v) is 11.6. The average Bonchev–Trinajstić information content (AvgIpc) is 2.55. The number of morpholine rings is 1. The molecule has 1 atom stereocenters. The van der Waals surface area contributed by atoms with Crippen molar-refractivity contribution in [3.63, 3.8) is 0 Å². The van der Waals surface area contributed by atoms with E-state index in [2.05, 4.69) is 40.8 Å². The fourth-order valence-corrected chi connectivity index (χ4v) is 4.49. The second kappa shape index (κ2) is 7.11. The van der Waals surface area contributed by atoms with Crippen LogP contribution in [-0.2, 0) is 4.74 Å². The number of rotatable bonds is 3. The fourth-order valence-electron chi connectivity index (χ4n) is 2.02. The van der Waals surface area contributed by atoms with Crippen molar-refractivity contribution in [3.8, 4) is 0 Å². The molecule has 1 N–H and O–H groups in total. The highest BCUT2D eigenvalue weighted by molar-refractivity contribution is 8.03. The van der Waals surface area contributed by atoms with Crippen LogP contribution in [0.1, 0.15) is 0 Å². The molecule has 2 rings (SSSR count). The summed E-state index contributed by atoms with van der Waals surface area (Å²) in [4.78, 5) is 2.35. The molecule has 94 valence electrons. The van der Waals surface area contributed by atoms with E-state index in [0.29, 0.717) is 12.1 Å². The maximum atomic E-state index is 5.75. The van der Waals surface area contributed by atoms with E-state index in [1.54, 1.807) is 0 Å². The van der Waals surface area contributed by atoms with Crippen LogP contribution in [0.2, 0.25) is 0 Å². The molecule has 0 aromatic carbocycles. The first-order valence-electron chi connectivity index (χ1n) is 6.03. The molecule has 16 heavy (non-hydrogen) atoms. The number of hydrogen-bond acceptors (Lipinski definition) is 5. The van der Waals surface area contributed by atoms with Crippen molar-refractivity contribution < 1.29 is 4.74 Å². The maximum Gasteiger partial charge on any atom is 0.0826 e. The Morgan fingerprint density at radius 2 is 2.06 bits per heavy atom. The molecule has 0 aromatic heterocycles. The van der Waals surface area contributed by atoms with Gasteiger partial charge in [0, 0.05) is 48.7 Å². The smallest absolute Gasteiger partial charge is 0.0826 e. The molecule has 2 aliphatic rings. The number of nitrogens with zero attached hydrogens (tertiary/aromatic N) is 1. The van der Waals surface area contributed by atoms with E-state index >= 15 is 0 Å². The van der Waals surface area contributed by atoms with Gasteiger partial charge in [0.2, 0.25) is 0 Å². The Bertz CT molecular complexity index is 196. The van der Waals surface area contributed by atoms with Gasteiger partial charge in [0.1, 0.15) is 0 Å². The molecule has 0 aromatic rings. The van der Waals surface area contributed by atoms with E-state index < -0.39 is 0 Å². The van der Waals surface area contributed by atoms with Crippen molar-refractivity contribution in [2.75, 3.05) is 56.3 Å². The van der Waals surface area contributed by atoms with Gasteiger partial charge in [-0.15, -0.1) is 0 Å². The van der Waals surface area contributed by atoms with Crippen LogP contribution in [0.15, 0.2) is 0 Å². The van der Waals surface area contributed by atoms with Gasteiger partial charge in [0.05, 0.1) is 12.7 Å². The van der Waals surface area contributed by atoms with Crippen molar-refractivity contribution in [3.05, 3.63) is 0 Å². The first-order chi connectivity index (χ1) is 7.84. The van der Waals surface area contributed by atoms with E-state index in [4.69, 9.17) is 4.74 Å².